The van der Waals surface area contributed by atoms with E-state index < -0.39 is 0 Å². The number of nitrogens with one attached hydrogen (secondary N) is 1. The van der Waals surface area contributed by atoms with Gasteiger partial charge in [0.15, 0.2) is 0 Å². The van der Waals surface area contributed by atoms with E-state index in [1.165, 1.54) is 0 Å². The standard InChI is InChI=1S/C10H11N3O.ClH/c11-6-8-2-1-4-13-10(8)14-9-3-5-12-7-9;/h1-2,4,9,12H,3,5,7H2;1H/t9-;/m0./s1. The molecule has 0 aromatic carbocycles. The summed E-state index contributed by atoms with van der Waals surface area (Å²) in [6, 6.07) is 5.51. The lowest BCUT2D eigenvalue weighted by Gasteiger charge is -2.11. The number of rotatable bonds is 2. The summed E-state index contributed by atoms with van der Waals surface area (Å²) in [4.78, 5) is 4.04. The Hall–Kier alpha value is -1.31. The van der Waals surface area contributed by atoms with E-state index in [2.05, 4.69) is 16.4 Å². The van der Waals surface area contributed by atoms with Crippen LogP contribution < -0.4 is 10.1 Å². The average molecular weight is 226 g/mol. The Morgan fingerprint density at radius 1 is 1.60 bits per heavy atom. The number of halogens is 1. The highest BCUT2D eigenvalue weighted by atomic mass is 35.5. The molecule has 1 aliphatic rings. The fourth-order valence-corrected chi connectivity index (χ4v) is 1.46. The Morgan fingerprint density at radius 2 is 2.47 bits per heavy atom. The number of nitrogens with zero attached hydrogens (tertiary/aromatic N) is 2. The molecule has 0 aliphatic carbocycles. The maximum Gasteiger partial charge on any atom is 0.231 e. The molecule has 0 bridgehead atoms. The van der Waals surface area contributed by atoms with Gasteiger partial charge in [0, 0.05) is 12.7 Å². The molecule has 0 spiro atoms. The molecule has 1 atom stereocenters. The minimum atomic E-state index is 0. The van der Waals surface area contributed by atoms with Crippen LogP contribution in [0.2, 0.25) is 0 Å². The highest BCUT2D eigenvalue weighted by Crippen LogP contribution is 2.16. The zero-order valence-electron chi connectivity index (χ0n) is 8.14. The molecule has 1 fully saturated rings. The molecule has 4 nitrogen and oxygen atoms in total. The number of nitriles is 1. The largest absolute Gasteiger partial charge is 0.472 e. The van der Waals surface area contributed by atoms with Crippen molar-refractivity contribution in [2.75, 3.05) is 13.1 Å². The third kappa shape index (κ3) is 2.82. The Morgan fingerprint density at radius 3 is 3.13 bits per heavy atom. The van der Waals surface area contributed by atoms with E-state index in [-0.39, 0.29) is 18.5 Å². The maximum atomic E-state index is 8.81. The van der Waals surface area contributed by atoms with Gasteiger partial charge in [0.2, 0.25) is 5.88 Å². The molecule has 15 heavy (non-hydrogen) atoms. The smallest absolute Gasteiger partial charge is 0.231 e. The summed E-state index contributed by atoms with van der Waals surface area (Å²) in [6.07, 6.45) is 2.76. The molecule has 2 heterocycles. The Bertz CT molecular complexity index is 358. The molecule has 0 amide bonds. The molecular formula is C10H12ClN3O. The lowest BCUT2D eigenvalue weighted by atomic mass is 10.3. The zero-order chi connectivity index (χ0) is 9.80. The van der Waals surface area contributed by atoms with Crippen molar-refractivity contribution in [1.82, 2.24) is 10.3 Å². The van der Waals surface area contributed by atoms with Gasteiger partial charge in [-0.05, 0) is 25.1 Å². The topological polar surface area (TPSA) is 57.9 Å². The molecule has 80 valence electrons. The van der Waals surface area contributed by atoms with Crippen LogP contribution in [0, 0.1) is 11.3 Å². The molecule has 1 aliphatic heterocycles. The third-order valence-corrected chi connectivity index (χ3v) is 2.19. The van der Waals surface area contributed by atoms with E-state index in [1.807, 2.05) is 0 Å². The van der Waals surface area contributed by atoms with Crippen LogP contribution in [0.1, 0.15) is 12.0 Å². The monoisotopic (exact) mass is 225 g/mol. The summed E-state index contributed by atoms with van der Waals surface area (Å²) in [5, 5.41) is 12.0. The van der Waals surface area contributed by atoms with Crippen LogP contribution in [0.25, 0.3) is 0 Å². The molecule has 1 aromatic rings. The second-order valence-corrected chi connectivity index (χ2v) is 3.20. The highest BCUT2D eigenvalue weighted by Gasteiger charge is 2.17. The van der Waals surface area contributed by atoms with Crippen molar-refractivity contribution >= 4 is 12.4 Å². The number of ether oxygens (including phenoxy) is 1. The lowest BCUT2D eigenvalue weighted by Crippen LogP contribution is -2.20. The zero-order valence-corrected chi connectivity index (χ0v) is 8.96. The van der Waals surface area contributed by atoms with Gasteiger partial charge in [-0.25, -0.2) is 4.98 Å². The first kappa shape index (κ1) is 11.8. The Kier molecular flexibility index (Phi) is 4.35. The summed E-state index contributed by atoms with van der Waals surface area (Å²) in [6.45, 7) is 1.81. The van der Waals surface area contributed by atoms with Crippen LogP contribution in [0.5, 0.6) is 5.88 Å². The van der Waals surface area contributed by atoms with E-state index in [1.54, 1.807) is 18.3 Å². The van der Waals surface area contributed by atoms with Crippen LogP contribution in [0.15, 0.2) is 18.3 Å². The lowest BCUT2D eigenvalue weighted by molar-refractivity contribution is 0.213. The van der Waals surface area contributed by atoms with Crippen molar-refractivity contribution in [2.45, 2.75) is 12.5 Å². The minimum absolute atomic E-state index is 0. The molecule has 0 radical (unpaired) electrons. The van der Waals surface area contributed by atoms with Gasteiger partial charge in [0.25, 0.3) is 0 Å². The predicted octanol–water partition coefficient (Wildman–Crippen LogP) is 1.12. The summed E-state index contributed by atoms with van der Waals surface area (Å²) >= 11 is 0. The van der Waals surface area contributed by atoms with Crippen molar-refractivity contribution in [3.8, 4) is 11.9 Å². The van der Waals surface area contributed by atoms with Crippen molar-refractivity contribution < 1.29 is 4.74 Å². The summed E-state index contributed by atoms with van der Waals surface area (Å²) in [7, 11) is 0. The van der Waals surface area contributed by atoms with Crippen LogP contribution in [0.3, 0.4) is 0 Å². The van der Waals surface area contributed by atoms with Gasteiger partial charge in [-0.2, -0.15) is 5.26 Å². The van der Waals surface area contributed by atoms with E-state index in [0.29, 0.717) is 11.4 Å². The van der Waals surface area contributed by atoms with E-state index >= 15 is 0 Å². The fraction of sp³-hybridized carbons (Fsp3) is 0.400. The molecule has 0 unspecified atom stereocenters. The Balaban J connectivity index is 0.00000112. The van der Waals surface area contributed by atoms with Crippen molar-refractivity contribution in [3.63, 3.8) is 0 Å². The van der Waals surface area contributed by atoms with Crippen LogP contribution in [-0.2, 0) is 0 Å². The van der Waals surface area contributed by atoms with Gasteiger partial charge in [-0.3, -0.25) is 0 Å². The molecule has 5 heteroatoms. The normalized spacial score (nSPS) is 19.0. The summed E-state index contributed by atoms with van der Waals surface area (Å²) in [5.41, 5.74) is 0.499. The first-order valence-electron chi connectivity index (χ1n) is 4.62. The molecule has 2 rings (SSSR count). The van der Waals surface area contributed by atoms with Gasteiger partial charge in [0.1, 0.15) is 17.7 Å². The number of pyridine rings is 1. The number of aromatic nitrogens is 1. The van der Waals surface area contributed by atoms with Crippen molar-refractivity contribution in [1.29, 1.82) is 5.26 Å². The van der Waals surface area contributed by atoms with Gasteiger partial charge in [-0.1, -0.05) is 0 Å². The maximum absolute atomic E-state index is 8.81. The highest BCUT2D eigenvalue weighted by molar-refractivity contribution is 5.85. The summed E-state index contributed by atoms with van der Waals surface area (Å²) < 4.78 is 5.60. The van der Waals surface area contributed by atoms with Gasteiger partial charge in [-0.15, -0.1) is 12.4 Å². The van der Waals surface area contributed by atoms with Crippen LogP contribution in [0.4, 0.5) is 0 Å². The molecule has 1 saturated heterocycles. The second-order valence-electron chi connectivity index (χ2n) is 3.20. The van der Waals surface area contributed by atoms with E-state index in [9.17, 15) is 0 Å². The quantitative estimate of drug-likeness (QED) is 0.820. The van der Waals surface area contributed by atoms with Crippen LogP contribution >= 0.6 is 12.4 Å². The predicted molar refractivity (Wildman–Crippen MR) is 58.1 cm³/mol. The first-order valence-corrected chi connectivity index (χ1v) is 4.62. The van der Waals surface area contributed by atoms with Crippen LogP contribution in [-0.4, -0.2) is 24.2 Å². The van der Waals surface area contributed by atoms with E-state index in [4.69, 9.17) is 10.00 Å². The SMILES string of the molecule is Cl.N#Cc1cccnc1O[C@H]1CCNC1. The second kappa shape index (κ2) is 5.54. The van der Waals surface area contributed by atoms with Gasteiger partial charge >= 0.3 is 0 Å². The van der Waals surface area contributed by atoms with Crippen molar-refractivity contribution in [3.05, 3.63) is 23.9 Å². The Labute approximate surface area is 94.7 Å². The summed E-state index contributed by atoms with van der Waals surface area (Å²) in [5.74, 6) is 0.448. The number of hydrogen-bond donors (Lipinski definition) is 1. The number of hydrogen-bond acceptors (Lipinski definition) is 4. The first-order chi connectivity index (χ1) is 6.90. The third-order valence-electron chi connectivity index (χ3n) is 2.19. The molecule has 1 N–H and O–H groups in total. The minimum Gasteiger partial charge on any atom is -0.472 e. The van der Waals surface area contributed by atoms with Crippen molar-refractivity contribution in [2.24, 2.45) is 0 Å². The van der Waals surface area contributed by atoms with E-state index in [0.717, 1.165) is 19.5 Å². The molecule has 1 aromatic heterocycles. The molecule has 0 saturated carbocycles. The molecular weight excluding hydrogens is 214 g/mol. The van der Waals surface area contributed by atoms with Gasteiger partial charge < -0.3 is 10.1 Å². The van der Waals surface area contributed by atoms with Gasteiger partial charge in [0.05, 0.1) is 0 Å². The average Bonchev–Trinajstić information content (AvgIpc) is 2.71. The fourth-order valence-electron chi connectivity index (χ4n) is 1.46.